The molecule has 0 aromatic heterocycles. The highest BCUT2D eigenvalue weighted by Crippen LogP contribution is 2.06. The molecular formula is C16H23NO2. The highest BCUT2D eigenvalue weighted by atomic mass is 16.5. The van der Waals surface area contributed by atoms with Crippen LogP contribution in [0.5, 0.6) is 0 Å². The van der Waals surface area contributed by atoms with Gasteiger partial charge in [-0.2, -0.15) is 0 Å². The first-order chi connectivity index (χ1) is 9.26. The zero-order valence-electron chi connectivity index (χ0n) is 11.8. The maximum atomic E-state index is 11.7. The second kappa shape index (κ2) is 9.20. The van der Waals surface area contributed by atoms with Crippen molar-refractivity contribution in [2.24, 2.45) is 0 Å². The number of ether oxygens (including phenoxy) is 1. The van der Waals surface area contributed by atoms with E-state index in [9.17, 15) is 4.79 Å². The van der Waals surface area contributed by atoms with E-state index in [1.807, 2.05) is 30.3 Å². The van der Waals surface area contributed by atoms with Crippen molar-refractivity contribution >= 4 is 6.09 Å². The van der Waals surface area contributed by atoms with Crippen LogP contribution in [0.2, 0.25) is 0 Å². The Morgan fingerprint density at radius 3 is 2.58 bits per heavy atom. The first-order valence-electron chi connectivity index (χ1n) is 6.93. The molecule has 104 valence electrons. The van der Waals surface area contributed by atoms with Gasteiger partial charge >= 0.3 is 6.09 Å². The van der Waals surface area contributed by atoms with Crippen molar-refractivity contribution in [1.29, 1.82) is 0 Å². The van der Waals surface area contributed by atoms with E-state index >= 15 is 0 Å². The number of hydrogen-bond donors (Lipinski definition) is 1. The van der Waals surface area contributed by atoms with Crippen molar-refractivity contribution in [3.8, 4) is 0 Å². The van der Waals surface area contributed by atoms with Gasteiger partial charge in [0.25, 0.3) is 0 Å². The Kier molecular flexibility index (Phi) is 7.40. The average Bonchev–Trinajstić information content (AvgIpc) is 2.44. The molecule has 0 fully saturated rings. The number of hydrogen-bond acceptors (Lipinski definition) is 2. The number of amides is 1. The van der Waals surface area contributed by atoms with Crippen LogP contribution in [0.1, 0.15) is 45.1 Å². The van der Waals surface area contributed by atoms with E-state index in [1.54, 1.807) is 0 Å². The monoisotopic (exact) mass is 261 g/mol. The van der Waals surface area contributed by atoms with Crippen molar-refractivity contribution in [2.45, 2.75) is 46.1 Å². The van der Waals surface area contributed by atoms with E-state index in [0.717, 1.165) is 36.9 Å². The Morgan fingerprint density at radius 1 is 1.21 bits per heavy atom. The van der Waals surface area contributed by atoms with Crippen LogP contribution >= 0.6 is 0 Å². The van der Waals surface area contributed by atoms with Crippen LogP contribution in [-0.2, 0) is 11.3 Å². The molecule has 3 heteroatoms. The molecule has 0 spiro atoms. The smallest absolute Gasteiger partial charge is 0.411 e. The highest BCUT2D eigenvalue weighted by molar-refractivity contribution is 5.69. The fourth-order valence-electron chi connectivity index (χ4n) is 1.69. The largest absolute Gasteiger partial charge is 0.444 e. The maximum Gasteiger partial charge on any atom is 0.411 e. The van der Waals surface area contributed by atoms with Gasteiger partial charge in [0, 0.05) is 5.70 Å². The molecule has 0 bridgehead atoms. The Morgan fingerprint density at radius 2 is 1.95 bits per heavy atom. The molecule has 0 saturated heterocycles. The minimum absolute atomic E-state index is 0.305. The van der Waals surface area contributed by atoms with Gasteiger partial charge in [0.15, 0.2) is 0 Å². The van der Waals surface area contributed by atoms with Crippen molar-refractivity contribution in [3.63, 3.8) is 0 Å². The summed E-state index contributed by atoms with van der Waals surface area (Å²) >= 11 is 0. The summed E-state index contributed by atoms with van der Waals surface area (Å²) in [5.41, 5.74) is 1.95. The Labute approximate surface area is 115 Å². The second-order valence-corrected chi connectivity index (χ2v) is 4.45. The third-order valence-corrected chi connectivity index (χ3v) is 2.67. The Balaban J connectivity index is 2.40. The second-order valence-electron chi connectivity index (χ2n) is 4.45. The summed E-state index contributed by atoms with van der Waals surface area (Å²) < 4.78 is 5.19. The van der Waals surface area contributed by atoms with Gasteiger partial charge in [-0.1, -0.05) is 63.1 Å². The summed E-state index contributed by atoms with van der Waals surface area (Å²) in [5, 5.41) is 2.82. The molecule has 1 rings (SSSR count). The first kappa shape index (κ1) is 15.3. The standard InChI is InChI=1S/C16H23NO2/c1-3-5-12-15(9-4-2)17-16(18)19-13-14-10-7-6-8-11-14/h6-8,10-12H,3-5,9,13H2,1-2H3,(H,17,18)/b15-12-. The van der Waals surface area contributed by atoms with E-state index in [-0.39, 0.29) is 6.09 Å². The minimum atomic E-state index is -0.375. The van der Waals surface area contributed by atoms with Crippen LogP contribution in [-0.4, -0.2) is 6.09 Å². The van der Waals surface area contributed by atoms with Crippen molar-refractivity contribution in [3.05, 3.63) is 47.7 Å². The van der Waals surface area contributed by atoms with Crippen LogP contribution in [0, 0.1) is 0 Å². The number of rotatable bonds is 7. The molecule has 1 amide bonds. The van der Waals surface area contributed by atoms with E-state index in [2.05, 4.69) is 25.2 Å². The maximum absolute atomic E-state index is 11.7. The summed E-state index contributed by atoms with van der Waals surface area (Å²) in [6, 6.07) is 9.68. The van der Waals surface area contributed by atoms with Crippen LogP contribution in [0.4, 0.5) is 4.79 Å². The van der Waals surface area contributed by atoms with Crippen molar-refractivity contribution < 1.29 is 9.53 Å². The average molecular weight is 261 g/mol. The number of allylic oxidation sites excluding steroid dienone is 2. The van der Waals surface area contributed by atoms with E-state index < -0.39 is 0 Å². The van der Waals surface area contributed by atoms with Crippen molar-refractivity contribution in [1.82, 2.24) is 5.32 Å². The lowest BCUT2D eigenvalue weighted by Crippen LogP contribution is -2.23. The van der Waals surface area contributed by atoms with Crippen LogP contribution in [0.3, 0.4) is 0 Å². The number of carbonyl (C=O) groups is 1. The van der Waals surface area contributed by atoms with Crippen molar-refractivity contribution in [2.75, 3.05) is 0 Å². The molecule has 0 saturated carbocycles. The van der Waals surface area contributed by atoms with E-state index in [4.69, 9.17) is 4.74 Å². The zero-order valence-corrected chi connectivity index (χ0v) is 11.8. The third-order valence-electron chi connectivity index (χ3n) is 2.67. The van der Waals surface area contributed by atoms with Gasteiger partial charge in [-0.05, 0) is 18.4 Å². The number of unbranched alkanes of at least 4 members (excludes halogenated alkanes) is 1. The molecule has 0 aliphatic rings. The van der Waals surface area contributed by atoms with Gasteiger partial charge in [0.05, 0.1) is 0 Å². The lowest BCUT2D eigenvalue weighted by molar-refractivity contribution is 0.142. The molecule has 3 nitrogen and oxygen atoms in total. The lowest BCUT2D eigenvalue weighted by Gasteiger charge is -2.10. The summed E-state index contributed by atoms with van der Waals surface area (Å²) in [4.78, 5) is 11.7. The molecule has 0 aliphatic heterocycles. The topological polar surface area (TPSA) is 38.3 Å². The molecule has 0 heterocycles. The fourth-order valence-corrected chi connectivity index (χ4v) is 1.69. The van der Waals surface area contributed by atoms with Gasteiger partial charge in [0.2, 0.25) is 0 Å². The van der Waals surface area contributed by atoms with Gasteiger partial charge in [-0.15, -0.1) is 0 Å². The summed E-state index contributed by atoms with van der Waals surface area (Å²) in [7, 11) is 0. The van der Waals surface area contributed by atoms with Crippen LogP contribution in [0.25, 0.3) is 0 Å². The van der Waals surface area contributed by atoms with Gasteiger partial charge in [-0.25, -0.2) is 4.79 Å². The van der Waals surface area contributed by atoms with E-state index in [0.29, 0.717) is 6.61 Å². The molecule has 0 atom stereocenters. The molecule has 1 aromatic rings. The molecule has 0 aliphatic carbocycles. The SMILES string of the molecule is CCC/C=C(/CCC)NC(=O)OCc1ccccc1. The molecular weight excluding hydrogens is 238 g/mol. The summed E-state index contributed by atoms with van der Waals surface area (Å²) in [5.74, 6) is 0. The Bertz CT molecular complexity index is 398. The van der Waals surface area contributed by atoms with Gasteiger partial charge in [0.1, 0.15) is 6.61 Å². The molecule has 0 unspecified atom stereocenters. The molecule has 1 N–H and O–H groups in total. The fraction of sp³-hybridized carbons (Fsp3) is 0.438. The first-order valence-corrected chi connectivity index (χ1v) is 6.93. The molecule has 1 aromatic carbocycles. The quantitative estimate of drug-likeness (QED) is 0.790. The predicted molar refractivity (Wildman–Crippen MR) is 77.7 cm³/mol. The summed E-state index contributed by atoms with van der Waals surface area (Å²) in [6.45, 7) is 4.52. The summed E-state index contributed by atoms with van der Waals surface area (Å²) in [6.07, 6.45) is 5.64. The van der Waals surface area contributed by atoms with E-state index in [1.165, 1.54) is 0 Å². The third kappa shape index (κ3) is 6.65. The number of nitrogens with one attached hydrogen (secondary N) is 1. The molecule has 0 radical (unpaired) electrons. The molecule has 19 heavy (non-hydrogen) atoms. The Hall–Kier alpha value is -1.77. The highest BCUT2D eigenvalue weighted by Gasteiger charge is 2.05. The van der Waals surface area contributed by atoms with Gasteiger partial charge in [-0.3, -0.25) is 5.32 Å². The predicted octanol–water partition coefficient (Wildman–Crippen LogP) is 4.40. The number of carbonyl (C=O) groups excluding carboxylic acids is 1. The lowest BCUT2D eigenvalue weighted by atomic mass is 10.2. The van der Waals surface area contributed by atoms with Gasteiger partial charge < -0.3 is 4.74 Å². The number of benzene rings is 1. The van der Waals surface area contributed by atoms with Crippen LogP contribution in [0.15, 0.2) is 42.1 Å². The number of alkyl carbamates (subject to hydrolysis) is 1. The minimum Gasteiger partial charge on any atom is -0.444 e. The van der Waals surface area contributed by atoms with Crippen LogP contribution < -0.4 is 5.32 Å². The normalized spacial score (nSPS) is 11.2. The zero-order chi connectivity index (χ0) is 13.9.